The van der Waals surface area contributed by atoms with Crippen molar-refractivity contribution in [1.82, 2.24) is 0 Å². The molecule has 1 aliphatic rings. The van der Waals surface area contributed by atoms with E-state index in [1.165, 1.54) is 0 Å². The Morgan fingerprint density at radius 2 is 2.29 bits per heavy atom. The molecule has 40 valence electrons. The van der Waals surface area contributed by atoms with Crippen molar-refractivity contribution < 1.29 is 4.79 Å². The van der Waals surface area contributed by atoms with Gasteiger partial charge in [0.15, 0.2) is 0 Å². The standard InChI is InChI=1S/C5H8OS/c1-7-5-2-4(6)3-5/h5H,2-3H2,1H3. The Balaban J connectivity index is 2.17. The molecule has 0 aliphatic heterocycles. The summed E-state index contributed by atoms with van der Waals surface area (Å²) < 4.78 is 0. The minimum atomic E-state index is 0.430. The highest BCUT2D eigenvalue weighted by molar-refractivity contribution is 7.99. The third-order valence-electron chi connectivity index (χ3n) is 1.24. The van der Waals surface area contributed by atoms with Gasteiger partial charge < -0.3 is 0 Å². The number of rotatable bonds is 1. The van der Waals surface area contributed by atoms with Crippen LogP contribution in [0.15, 0.2) is 0 Å². The van der Waals surface area contributed by atoms with Crippen LogP contribution in [-0.4, -0.2) is 17.3 Å². The molecule has 2 heteroatoms. The van der Waals surface area contributed by atoms with Gasteiger partial charge in [0, 0.05) is 18.1 Å². The molecule has 0 radical (unpaired) electrons. The second-order valence-electron chi connectivity index (χ2n) is 1.80. The predicted molar refractivity (Wildman–Crippen MR) is 31.5 cm³/mol. The van der Waals surface area contributed by atoms with Crippen LogP contribution in [0.25, 0.3) is 0 Å². The van der Waals surface area contributed by atoms with Crippen molar-refractivity contribution in [2.24, 2.45) is 0 Å². The fourth-order valence-electron chi connectivity index (χ4n) is 0.615. The fraction of sp³-hybridized carbons (Fsp3) is 0.800. The fourth-order valence-corrected chi connectivity index (χ4v) is 1.32. The molecule has 1 fully saturated rings. The van der Waals surface area contributed by atoms with Crippen LogP contribution in [0.3, 0.4) is 0 Å². The Morgan fingerprint density at radius 3 is 2.43 bits per heavy atom. The van der Waals surface area contributed by atoms with Crippen LogP contribution in [0.1, 0.15) is 12.8 Å². The molecular formula is C5H8OS. The van der Waals surface area contributed by atoms with E-state index in [0.717, 1.165) is 12.8 Å². The zero-order valence-electron chi connectivity index (χ0n) is 4.31. The predicted octanol–water partition coefficient (Wildman–Crippen LogP) is 1.08. The lowest BCUT2D eigenvalue weighted by Crippen LogP contribution is -2.24. The van der Waals surface area contributed by atoms with Crippen LogP contribution in [0.2, 0.25) is 0 Å². The van der Waals surface area contributed by atoms with Gasteiger partial charge in [-0.15, -0.1) is 0 Å². The van der Waals surface area contributed by atoms with E-state index in [1.807, 2.05) is 0 Å². The van der Waals surface area contributed by atoms with Crippen LogP contribution < -0.4 is 0 Å². The molecule has 0 unspecified atom stereocenters. The summed E-state index contributed by atoms with van der Waals surface area (Å²) >= 11 is 1.79. The third kappa shape index (κ3) is 0.969. The van der Waals surface area contributed by atoms with Crippen LogP contribution in [0.4, 0.5) is 0 Å². The molecule has 1 saturated carbocycles. The minimum absolute atomic E-state index is 0.430. The van der Waals surface area contributed by atoms with Crippen LogP contribution in [0, 0.1) is 0 Å². The Kier molecular flexibility index (Phi) is 1.38. The van der Waals surface area contributed by atoms with Crippen LogP contribution in [-0.2, 0) is 4.79 Å². The lowest BCUT2D eigenvalue weighted by atomic mass is 9.98. The molecule has 0 aromatic rings. The maximum Gasteiger partial charge on any atom is 0.135 e. The Labute approximate surface area is 47.5 Å². The maximum atomic E-state index is 10.3. The summed E-state index contributed by atoms with van der Waals surface area (Å²) in [4.78, 5) is 10.3. The molecule has 1 aliphatic carbocycles. The molecule has 1 rings (SSSR count). The van der Waals surface area contributed by atoms with E-state index in [-0.39, 0.29) is 0 Å². The summed E-state index contributed by atoms with van der Waals surface area (Å²) in [6.07, 6.45) is 3.69. The van der Waals surface area contributed by atoms with E-state index in [0.29, 0.717) is 11.0 Å². The van der Waals surface area contributed by atoms with Gasteiger partial charge in [0.25, 0.3) is 0 Å². The monoisotopic (exact) mass is 116 g/mol. The molecule has 0 heterocycles. The Bertz CT molecular complexity index is 82.1. The van der Waals surface area contributed by atoms with E-state index in [1.54, 1.807) is 11.8 Å². The molecule has 0 aromatic heterocycles. The lowest BCUT2D eigenvalue weighted by Gasteiger charge is -2.20. The molecule has 0 atom stereocenters. The van der Waals surface area contributed by atoms with Crippen molar-refractivity contribution in [3.8, 4) is 0 Å². The molecule has 1 nitrogen and oxygen atoms in total. The highest BCUT2D eigenvalue weighted by atomic mass is 32.2. The van der Waals surface area contributed by atoms with Gasteiger partial charge in [0.1, 0.15) is 5.78 Å². The summed E-state index contributed by atoms with van der Waals surface area (Å²) in [6, 6.07) is 0. The van der Waals surface area contributed by atoms with E-state index in [4.69, 9.17) is 0 Å². The summed E-state index contributed by atoms with van der Waals surface area (Å²) in [5.74, 6) is 0.430. The maximum absolute atomic E-state index is 10.3. The molecule has 0 amide bonds. The average molecular weight is 116 g/mol. The normalized spacial score (nSPS) is 22.1. The van der Waals surface area contributed by atoms with Gasteiger partial charge >= 0.3 is 0 Å². The molecular weight excluding hydrogens is 108 g/mol. The largest absolute Gasteiger partial charge is 0.300 e. The van der Waals surface area contributed by atoms with Crippen molar-refractivity contribution in [3.63, 3.8) is 0 Å². The summed E-state index contributed by atoms with van der Waals surface area (Å²) in [5.41, 5.74) is 0. The summed E-state index contributed by atoms with van der Waals surface area (Å²) in [5, 5.41) is 0.660. The van der Waals surface area contributed by atoms with Gasteiger partial charge in [-0.25, -0.2) is 0 Å². The number of ketones is 1. The quantitative estimate of drug-likeness (QED) is 0.510. The number of hydrogen-bond donors (Lipinski definition) is 0. The zero-order chi connectivity index (χ0) is 5.28. The number of Topliss-reactive ketones (excluding diaryl/α,β-unsaturated/α-hetero) is 1. The average Bonchev–Trinajstić information content (AvgIpc) is 1.58. The van der Waals surface area contributed by atoms with Gasteiger partial charge in [-0.2, -0.15) is 11.8 Å². The van der Waals surface area contributed by atoms with E-state index < -0.39 is 0 Å². The number of carbonyl (C=O) groups is 1. The summed E-state index contributed by atoms with van der Waals surface area (Å²) in [7, 11) is 0. The SMILES string of the molecule is CSC1CC(=O)C1. The second-order valence-corrected chi connectivity index (χ2v) is 2.94. The molecule has 0 spiro atoms. The van der Waals surface area contributed by atoms with Crippen molar-refractivity contribution in [2.45, 2.75) is 18.1 Å². The first-order valence-electron chi connectivity index (χ1n) is 2.37. The van der Waals surface area contributed by atoms with Crippen molar-refractivity contribution in [3.05, 3.63) is 0 Å². The second kappa shape index (κ2) is 1.86. The number of thioether (sulfide) groups is 1. The number of carbonyl (C=O) groups excluding carboxylic acids is 1. The Hall–Kier alpha value is 0.0200. The summed E-state index contributed by atoms with van der Waals surface area (Å²) in [6.45, 7) is 0. The van der Waals surface area contributed by atoms with Crippen LogP contribution in [0.5, 0.6) is 0 Å². The highest BCUT2D eigenvalue weighted by Gasteiger charge is 2.24. The first-order valence-corrected chi connectivity index (χ1v) is 3.66. The van der Waals surface area contributed by atoms with Gasteiger partial charge in [-0.05, 0) is 6.26 Å². The van der Waals surface area contributed by atoms with Crippen molar-refractivity contribution in [1.29, 1.82) is 0 Å². The smallest absolute Gasteiger partial charge is 0.135 e. The minimum Gasteiger partial charge on any atom is -0.300 e. The van der Waals surface area contributed by atoms with E-state index in [2.05, 4.69) is 6.26 Å². The molecule has 0 aromatic carbocycles. The number of hydrogen-bond acceptors (Lipinski definition) is 2. The lowest BCUT2D eigenvalue weighted by molar-refractivity contribution is -0.123. The van der Waals surface area contributed by atoms with Crippen LogP contribution >= 0.6 is 11.8 Å². The molecule has 7 heavy (non-hydrogen) atoms. The molecule has 0 bridgehead atoms. The third-order valence-corrected chi connectivity index (χ3v) is 2.24. The van der Waals surface area contributed by atoms with E-state index >= 15 is 0 Å². The first-order chi connectivity index (χ1) is 3.33. The van der Waals surface area contributed by atoms with E-state index in [9.17, 15) is 4.79 Å². The zero-order valence-corrected chi connectivity index (χ0v) is 5.12. The Morgan fingerprint density at radius 1 is 1.71 bits per heavy atom. The highest BCUT2D eigenvalue weighted by Crippen LogP contribution is 2.25. The topological polar surface area (TPSA) is 17.1 Å². The first kappa shape index (κ1) is 5.16. The van der Waals surface area contributed by atoms with Crippen molar-refractivity contribution in [2.75, 3.05) is 6.26 Å². The van der Waals surface area contributed by atoms with Gasteiger partial charge in [0.2, 0.25) is 0 Å². The van der Waals surface area contributed by atoms with Gasteiger partial charge in [0.05, 0.1) is 0 Å². The van der Waals surface area contributed by atoms with Gasteiger partial charge in [-0.3, -0.25) is 4.79 Å². The molecule has 0 N–H and O–H groups in total. The molecule has 0 saturated heterocycles. The van der Waals surface area contributed by atoms with Crippen molar-refractivity contribution >= 4 is 17.5 Å². The van der Waals surface area contributed by atoms with Gasteiger partial charge in [-0.1, -0.05) is 0 Å².